The van der Waals surface area contributed by atoms with Gasteiger partial charge in [-0.15, -0.1) is 0 Å². The second-order valence-corrected chi connectivity index (χ2v) is 8.35. The zero-order valence-corrected chi connectivity index (χ0v) is 14.2. The zero-order chi connectivity index (χ0) is 16.6. The Balaban J connectivity index is 1.94. The summed E-state index contributed by atoms with van der Waals surface area (Å²) < 4.78 is 38.3. The van der Waals surface area contributed by atoms with Crippen LogP contribution in [0.3, 0.4) is 0 Å². The fraction of sp³-hybridized carbons (Fsp3) is 0.571. The summed E-state index contributed by atoms with van der Waals surface area (Å²) in [5, 5.41) is 0. The van der Waals surface area contributed by atoms with Gasteiger partial charge in [-0.25, -0.2) is 13.1 Å². The minimum absolute atomic E-state index is 0.0809. The van der Waals surface area contributed by atoms with E-state index in [4.69, 9.17) is 15.0 Å². The van der Waals surface area contributed by atoms with E-state index in [2.05, 4.69) is 4.72 Å². The van der Waals surface area contributed by atoms with Gasteiger partial charge >= 0.3 is 7.12 Å². The lowest BCUT2D eigenvalue weighted by Gasteiger charge is -2.32. The van der Waals surface area contributed by atoms with Crippen molar-refractivity contribution in [2.45, 2.75) is 44.6 Å². The van der Waals surface area contributed by atoms with Crippen molar-refractivity contribution in [2.24, 2.45) is 0 Å². The molecular formula is C14H23BN2O4S. The molecular weight excluding hydrogens is 303 g/mol. The molecule has 0 bridgehead atoms. The van der Waals surface area contributed by atoms with Crippen LogP contribution in [0.1, 0.15) is 33.3 Å². The van der Waals surface area contributed by atoms with Gasteiger partial charge in [-0.2, -0.15) is 0 Å². The fourth-order valence-corrected chi connectivity index (χ4v) is 3.31. The summed E-state index contributed by atoms with van der Waals surface area (Å²) >= 11 is 0. The van der Waals surface area contributed by atoms with Gasteiger partial charge in [-0.05, 0) is 45.4 Å². The molecule has 1 fully saturated rings. The van der Waals surface area contributed by atoms with Gasteiger partial charge in [-0.3, -0.25) is 0 Å². The number of nitrogens with one attached hydrogen (secondary N) is 1. The van der Waals surface area contributed by atoms with Crippen LogP contribution in [0.4, 0.5) is 5.69 Å². The van der Waals surface area contributed by atoms with Crippen LogP contribution in [-0.2, 0) is 25.1 Å². The molecule has 1 aromatic rings. The SMILES string of the molecule is CC1(C)OB(CNS(=O)(=O)Cc2cccc(N)c2)OC1(C)C. The summed E-state index contributed by atoms with van der Waals surface area (Å²) in [7, 11) is -4.08. The highest BCUT2D eigenvalue weighted by Gasteiger charge is 2.51. The van der Waals surface area contributed by atoms with Crippen LogP contribution in [0.2, 0.25) is 0 Å². The standard InChI is InChI=1S/C14H23BN2O4S/c1-13(2)14(3,4)21-15(20-13)10-17-22(18,19)9-11-6-5-7-12(16)8-11/h5-8,17H,9-10,16H2,1-4H3. The highest BCUT2D eigenvalue weighted by atomic mass is 32.2. The van der Waals surface area contributed by atoms with Gasteiger partial charge in [0.15, 0.2) is 0 Å². The average Bonchev–Trinajstić information content (AvgIpc) is 2.55. The molecule has 22 heavy (non-hydrogen) atoms. The van der Waals surface area contributed by atoms with Gasteiger partial charge in [0, 0.05) is 12.1 Å². The van der Waals surface area contributed by atoms with Gasteiger partial charge in [0.1, 0.15) is 0 Å². The Bertz CT molecular complexity index is 630. The van der Waals surface area contributed by atoms with Crippen LogP contribution in [0.25, 0.3) is 0 Å². The third-order valence-electron chi connectivity index (χ3n) is 4.08. The van der Waals surface area contributed by atoms with E-state index in [0.717, 1.165) is 0 Å². The third kappa shape index (κ3) is 4.01. The van der Waals surface area contributed by atoms with Crippen molar-refractivity contribution in [2.75, 3.05) is 12.2 Å². The molecule has 1 aliphatic rings. The Labute approximate surface area is 132 Å². The van der Waals surface area contributed by atoms with E-state index in [1.807, 2.05) is 27.7 Å². The number of hydrogen-bond donors (Lipinski definition) is 2. The summed E-state index contributed by atoms with van der Waals surface area (Å²) in [5.74, 6) is -0.127. The summed E-state index contributed by atoms with van der Waals surface area (Å²) in [6, 6.07) is 6.82. The van der Waals surface area contributed by atoms with Crippen molar-refractivity contribution >= 4 is 22.8 Å². The number of sulfonamides is 1. The van der Waals surface area contributed by atoms with Crippen molar-refractivity contribution in [3.05, 3.63) is 29.8 Å². The molecule has 0 amide bonds. The molecule has 1 aliphatic heterocycles. The Kier molecular flexibility index (Phi) is 4.59. The van der Waals surface area contributed by atoms with E-state index in [1.165, 1.54) is 0 Å². The molecule has 1 saturated heterocycles. The van der Waals surface area contributed by atoms with Crippen molar-refractivity contribution in [3.8, 4) is 0 Å². The topological polar surface area (TPSA) is 90.7 Å². The Hall–Kier alpha value is -1.09. The van der Waals surface area contributed by atoms with Gasteiger partial charge in [-0.1, -0.05) is 12.1 Å². The molecule has 122 valence electrons. The fourth-order valence-electron chi connectivity index (χ4n) is 2.20. The molecule has 0 aromatic heterocycles. The number of anilines is 1. The first-order valence-electron chi connectivity index (χ1n) is 7.18. The minimum atomic E-state index is -3.48. The van der Waals surface area contributed by atoms with Gasteiger partial charge in [0.05, 0.1) is 17.0 Å². The summed E-state index contributed by atoms with van der Waals surface area (Å²) in [4.78, 5) is 0. The van der Waals surface area contributed by atoms with Crippen LogP contribution in [0.15, 0.2) is 24.3 Å². The highest BCUT2D eigenvalue weighted by molar-refractivity contribution is 7.88. The lowest BCUT2D eigenvalue weighted by molar-refractivity contribution is 0.00578. The summed E-state index contributed by atoms with van der Waals surface area (Å²) in [6.45, 7) is 7.70. The second-order valence-electron chi connectivity index (χ2n) is 6.54. The number of rotatable bonds is 5. The normalized spacial score (nSPS) is 20.3. The first-order valence-corrected chi connectivity index (χ1v) is 8.83. The van der Waals surface area contributed by atoms with E-state index < -0.39 is 28.3 Å². The van der Waals surface area contributed by atoms with Crippen LogP contribution < -0.4 is 10.5 Å². The van der Waals surface area contributed by atoms with Gasteiger partial charge < -0.3 is 15.0 Å². The van der Waals surface area contributed by atoms with Crippen LogP contribution >= 0.6 is 0 Å². The van der Waals surface area contributed by atoms with Gasteiger partial charge in [0.25, 0.3) is 0 Å². The number of benzene rings is 1. The second kappa shape index (κ2) is 5.84. The number of nitrogens with two attached hydrogens (primary N) is 1. The zero-order valence-electron chi connectivity index (χ0n) is 13.4. The lowest BCUT2D eigenvalue weighted by Crippen LogP contribution is -2.41. The Morgan fingerprint density at radius 3 is 2.32 bits per heavy atom. The Morgan fingerprint density at radius 2 is 1.77 bits per heavy atom. The number of hydrogen-bond acceptors (Lipinski definition) is 5. The molecule has 1 heterocycles. The predicted octanol–water partition coefficient (Wildman–Crippen LogP) is 1.32. The van der Waals surface area contributed by atoms with Crippen molar-refractivity contribution < 1.29 is 17.7 Å². The molecule has 1 aromatic carbocycles. The first-order chi connectivity index (χ1) is 10.0. The van der Waals surface area contributed by atoms with Crippen LogP contribution in [0, 0.1) is 0 Å². The number of nitrogen functional groups attached to an aromatic ring is 1. The quantitative estimate of drug-likeness (QED) is 0.629. The maximum absolute atomic E-state index is 12.1. The molecule has 3 N–H and O–H groups in total. The maximum Gasteiger partial charge on any atom is 0.473 e. The predicted molar refractivity (Wildman–Crippen MR) is 87.6 cm³/mol. The van der Waals surface area contributed by atoms with E-state index in [0.29, 0.717) is 11.3 Å². The van der Waals surface area contributed by atoms with Crippen molar-refractivity contribution in [1.29, 1.82) is 0 Å². The maximum atomic E-state index is 12.1. The van der Waals surface area contributed by atoms with E-state index >= 15 is 0 Å². The van der Waals surface area contributed by atoms with E-state index in [1.54, 1.807) is 24.3 Å². The Morgan fingerprint density at radius 1 is 1.18 bits per heavy atom. The molecule has 0 spiro atoms. The van der Waals surface area contributed by atoms with E-state index in [9.17, 15) is 8.42 Å². The largest absolute Gasteiger partial charge is 0.473 e. The van der Waals surface area contributed by atoms with Gasteiger partial charge in [0.2, 0.25) is 10.0 Å². The molecule has 0 aliphatic carbocycles. The molecule has 0 atom stereocenters. The van der Waals surface area contributed by atoms with E-state index in [-0.39, 0.29) is 12.2 Å². The summed E-state index contributed by atoms with van der Waals surface area (Å²) in [6.07, 6.45) is 0.0809. The molecule has 6 nitrogen and oxygen atoms in total. The monoisotopic (exact) mass is 326 g/mol. The molecule has 0 unspecified atom stereocenters. The smallest absolute Gasteiger partial charge is 0.402 e. The minimum Gasteiger partial charge on any atom is -0.402 e. The molecule has 0 radical (unpaired) electrons. The average molecular weight is 326 g/mol. The van der Waals surface area contributed by atoms with Crippen molar-refractivity contribution in [1.82, 2.24) is 4.72 Å². The summed E-state index contributed by atoms with van der Waals surface area (Å²) in [5.41, 5.74) is 5.89. The van der Waals surface area contributed by atoms with Crippen LogP contribution in [0.5, 0.6) is 0 Å². The van der Waals surface area contributed by atoms with Crippen molar-refractivity contribution in [3.63, 3.8) is 0 Å². The molecule has 8 heteroatoms. The third-order valence-corrected chi connectivity index (χ3v) is 5.40. The molecule has 2 rings (SSSR count). The lowest BCUT2D eigenvalue weighted by atomic mass is 9.90. The molecule has 0 saturated carbocycles. The first kappa shape index (κ1) is 17.3. The van der Waals surface area contributed by atoms with Crippen LogP contribution in [-0.4, -0.2) is 33.2 Å². The highest BCUT2D eigenvalue weighted by Crippen LogP contribution is 2.36.